The van der Waals surface area contributed by atoms with Crippen LogP contribution >= 0.6 is 0 Å². The minimum absolute atomic E-state index is 0.0719. The molecule has 0 unspecified atom stereocenters. The minimum atomic E-state index is -4.33. The monoisotopic (exact) mass is 299 g/mol. The first-order valence-electron chi connectivity index (χ1n) is 7.12. The van der Waals surface area contributed by atoms with Crippen LogP contribution in [-0.2, 0) is 6.18 Å². The molecule has 0 aliphatic heterocycles. The maximum atomic E-state index is 13.0. The molecule has 0 atom stereocenters. The fourth-order valence-electron chi connectivity index (χ4n) is 1.87. The third-order valence-corrected chi connectivity index (χ3v) is 3.17. The number of hydrogen-bond acceptors (Lipinski definition) is 1. The van der Waals surface area contributed by atoms with Crippen molar-refractivity contribution in [2.45, 2.75) is 46.3 Å². The lowest BCUT2D eigenvalue weighted by atomic mass is 9.96. The van der Waals surface area contributed by atoms with Crippen LogP contribution < -0.4 is 5.32 Å². The Morgan fingerprint density at radius 3 is 2.19 bits per heavy atom. The summed E-state index contributed by atoms with van der Waals surface area (Å²) >= 11 is 0. The smallest absolute Gasteiger partial charge is 0.308 e. The Morgan fingerprint density at radius 2 is 1.71 bits per heavy atom. The van der Waals surface area contributed by atoms with Gasteiger partial charge in [-0.3, -0.25) is 0 Å². The van der Waals surface area contributed by atoms with Gasteiger partial charge in [0, 0.05) is 12.1 Å². The second-order valence-electron chi connectivity index (χ2n) is 6.56. The molecule has 1 N–H and O–H groups in total. The number of nitrogens with one attached hydrogen (secondary N) is 1. The van der Waals surface area contributed by atoms with Crippen LogP contribution in [0, 0.1) is 5.92 Å². The van der Waals surface area contributed by atoms with Crippen molar-refractivity contribution in [1.82, 2.24) is 5.32 Å². The van der Waals surface area contributed by atoms with Gasteiger partial charge in [-0.25, -0.2) is 0 Å². The van der Waals surface area contributed by atoms with Gasteiger partial charge in [-0.1, -0.05) is 43.7 Å². The van der Waals surface area contributed by atoms with Crippen molar-refractivity contribution in [2.24, 2.45) is 5.92 Å². The average Bonchev–Trinajstić information content (AvgIpc) is 2.32. The first-order chi connectivity index (χ1) is 9.50. The second kappa shape index (κ2) is 6.65. The van der Waals surface area contributed by atoms with E-state index in [4.69, 9.17) is 0 Å². The predicted molar refractivity (Wildman–Crippen MR) is 82.0 cm³/mol. The molecule has 0 amide bonds. The third kappa shape index (κ3) is 5.92. The van der Waals surface area contributed by atoms with Gasteiger partial charge in [0.1, 0.15) is 0 Å². The van der Waals surface area contributed by atoms with E-state index in [1.54, 1.807) is 12.1 Å². The van der Waals surface area contributed by atoms with E-state index < -0.39 is 11.7 Å². The van der Waals surface area contributed by atoms with Crippen LogP contribution in [0.3, 0.4) is 0 Å². The van der Waals surface area contributed by atoms with Crippen LogP contribution in [0.4, 0.5) is 13.2 Å². The third-order valence-electron chi connectivity index (χ3n) is 3.17. The van der Waals surface area contributed by atoms with Gasteiger partial charge in [-0.05, 0) is 38.3 Å². The lowest BCUT2D eigenvalue weighted by Crippen LogP contribution is -2.37. The molecule has 0 aliphatic carbocycles. The normalized spacial score (nSPS) is 13.9. The summed E-state index contributed by atoms with van der Waals surface area (Å²) in [6.45, 7) is 10.7. The summed E-state index contributed by atoms with van der Waals surface area (Å²) in [5.74, 6) is 0.182. The number of benzene rings is 1. The molecule has 0 fully saturated rings. The molecule has 0 aliphatic rings. The van der Waals surface area contributed by atoms with Gasteiger partial charge in [-0.15, -0.1) is 0 Å². The molecule has 1 nitrogen and oxygen atoms in total. The second-order valence-corrected chi connectivity index (χ2v) is 6.56. The van der Waals surface area contributed by atoms with Gasteiger partial charge in [0.15, 0.2) is 0 Å². The van der Waals surface area contributed by atoms with E-state index in [1.807, 2.05) is 34.6 Å². The van der Waals surface area contributed by atoms with E-state index in [0.717, 1.165) is 11.6 Å². The van der Waals surface area contributed by atoms with E-state index in [-0.39, 0.29) is 17.0 Å². The Labute approximate surface area is 125 Å². The molecule has 0 saturated carbocycles. The molecule has 0 radical (unpaired) electrons. The molecule has 0 spiro atoms. The summed E-state index contributed by atoms with van der Waals surface area (Å²) < 4.78 is 39.1. The highest BCUT2D eigenvalue weighted by Crippen LogP contribution is 2.33. The Morgan fingerprint density at radius 1 is 1.14 bits per heavy atom. The number of halogens is 3. The van der Waals surface area contributed by atoms with E-state index in [0.29, 0.717) is 6.54 Å². The summed E-state index contributed by atoms with van der Waals surface area (Å²) in [5, 5.41) is 3.33. The molecule has 1 rings (SSSR count). The Bertz CT molecular complexity index is 493. The highest BCUT2D eigenvalue weighted by atomic mass is 19.4. The van der Waals surface area contributed by atoms with Crippen molar-refractivity contribution in [2.75, 3.05) is 6.54 Å². The van der Waals surface area contributed by atoms with Gasteiger partial charge in [-0.2, -0.15) is 13.2 Å². The standard InChI is InChI=1S/C17H24F3N/c1-12(2)14(11-21-16(3,4)5)10-13-8-6-7-9-15(13)17(18,19)20/h6-10,12,21H,11H2,1-5H3. The maximum absolute atomic E-state index is 13.0. The Hall–Kier alpha value is -1.29. The molecule has 118 valence electrons. The van der Waals surface area contributed by atoms with Crippen molar-refractivity contribution in [3.05, 3.63) is 41.0 Å². The van der Waals surface area contributed by atoms with Gasteiger partial charge >= 0.3 is 6.18 Å². The quantitative estimate of drug-likeness (QED) is 0.812. The summed E-state index contributed by atoms with van der Waals surface area (Å²) in [4.78, 5) is 0. The van der Waals surface area contributed by atoms with E-state index in [2.05, 4.69) is 5.32 Å². The zero-order valence-electron chi connectivity index (χ0n) is 13.3. The maximum Gasteiger partial charge on any atom is 0.416 e. The molecular formula is C17H24F3N. The Kier molecular flexibility index (Phi) is 5.62. The van der Waals surface area contributed by atoms with Crippen molar-refractivity contribution in [3.63, 3.8) is 0 Å². The van der Waals surface area contributed by atoms with Gasteiger partial charge in [0.2, 0.25) is 0 Å². The lowest BCUT2D eigenvalue weighted by molar-refractivity contribution is -0.137. The van der Waals surface area contributed by atoms with Crippen molar-refractivity contribution >= 4 is 6.08 Å². The van der Waals surface area contributed by atoms with Crippen LogP contribution in [0.15, 0.2) is 29.8 Å². The summed E-state index contributed by atoms with van der Waals surface area (Å²) in [6, 6.07) is 5.70. The van der Waals surface area contributed by atoms with Gasteiger partial charge in [0.25, 0.3) is 0 Å². The zero-order chi connectivity index (χ0) is 16.3. The van der Waals surface area contributed by atoms with Gasteiger partial charge < -0.3 is 5.32 Å². The molecule has 21 heavy (non-hydrogen) atoms. The van der Waals surface area contributed by atoms with E-state index >= 15 is 0 Å². The van der Waals surface area contributed by atoms with E-state index in [1.165, 1.54) is 12.1 Å². The highest BCUT2D eigenvalue weighted by Gasteiger charge is 2.32. The molecule has 1 aromatic carbocycles. The van der Waals surface area contributed by atoms with Crippen LogP contribution in [-0.4, -0.2) is 12.1 Å². The summed E-state index contributed by atoms with van der Waals surface area (Å²) in [7, 11) is 0. The van der Waals surface area contributed by atoms with E-state index in [9.17, 15) is 13.2 Å². The largest absolute Gasteiger partial charge is 0.416 e. The lowest BCUT2D eigenvalue weighted by Gasteiger charge is -2.23. The first-order valence-corrected chi connectivity index (χ1v) is 7.12. The summed E-state index contributed by atoms with van der Waals surface area (Å²) in [6.07, 6.45) is -2.67. The average molecular weight is 299 g/mol. The molecule has 0 heterocycles. The van der Waals surface area contributed by atoms with Crippen LogP contribution in [0.25, 0.3) is 6.08 Å². The van der Waals surface area contributed by atoms with Crippen LogP contribution in [0.2, 0.25) is 0 Å². The highest BCUT2D eigenvalue weighted by molar-refractivity contribution is 5.58. The van der Waals surface area contributed by atoms with Crippen LogP contribution in [0.1, 0.15) is 45.7 Å². The number of hydrogen-bond donors (Lipinski definition) is 1. The van der Waals surface area contributed by atoms with Crippen molar-refractivity contribution in [1.29, 1.82) is 0 Å². The fraction of sp³-hybridized carbons (Fsp3) is 0.529. The topological polar surface area (TPSA) is 12.0 Å². The Balaban J connectivity index is 3.12. The fourth-order valence-corrected chi connectivity index (χ4v) is 1.87. The summed E-state index contributed by atoms with van der Waals surface area (Å²) in [5.41, 5.74) is 0.530. The van der Waals surface area contributed by atoms with Crippen molar-refractivity contribution < 1.29 is 13.2 Å². The zero-order valence-corrected chi connectivity index (χ0v) is 13.3. The predicted octanol–water partition coefficient (Wildman–Crippen LogP) is 5.13. The number of alkyl halides is 3. The molecule has 0 saturated heterocycles. The van der Waals surface area contributed by atoms with Gasteiger partial charge in [0.05, 0.1) is 5.56 Å². The molecule has 4 heteroatoms. The van der Waals surface area contributed by atoms with Crippen LogP contribution in [0.5, 0.6) is 0 Å². The molecule has 0 bridgehead atoms. The first kappa shape index (κ1) is 17.8. The number of rotatable bonds is 4. The van der Waals surface area contributed by atoms with Crippen molar-refractivity contribution in [3.8, 4) is 0 Å². The molecular weight excluding hydrogens is 275 g/mol. The SMILES string of the molecule is CC(C)C(=Cc1ccccc1C(F)(F)F)CNC(C)(C)C. The minimum Gasteiger partial charge on any atom is -0.308 e. The molecule has 0 aromatic heterocycles. The molecule has 1 aromatic rings.